The minimum atomic E-state index is -0.612. The van der Waals surface area contributed by atoms with Crippen molar-refractivity contribution in [2.45, 2.75) is 13.5 Å². The van der Waals surface area contributed by atoms with E-state index in [1.165, 1.54) is 12.1 Å². The lowest BCUT2D eigenvalue weighted by Crippen LogP contribution is -2.25. The van der Waals surface area contributed by atoms with Crippen molar-refractivity contribution in [1.82, 2.24) is 5.32 Å². The molecule has 174 valence electrons. The monoisotopic (exact) mass is 463 g/mol. The van der Waals surface area contributed by atoms with Crippen LogP contribution in [0.2, 0.25) is 0 Å². The highest BCUT2D eigenvalue weighted by atomic mass is 16.7. The Morgan fingerprint density at radius 2 is 1.82 bits per heavy atom. The number of benzene rings is 3. The zero-order valence-electron chi connectivity index (χ0n) is 18.2. The van der Waals surface area contributed by atoms with Crippen molar-refractivity contribution >= 4 is 23.2 Å². The van der Waals surface area contributed by atoms with Gasteiger partial charge in [-0.3, -0.25) is 19.7 Å². The van der Waals surface area contributed by atoms with Crippen LogP contribution in [0.3, 0.4) is 0 Å². The zero-order chi connectivity index (χ0) is 24.1. The van der Waals surface area contributed by atoms with Crippen molar-refractivity contribution in [1.29, 1.82) is 0 Å². The first kappa shape index (κ1) is 22.6. The molecule has 2 amide bonds. The number of para-hydroxylation sites is 1. The van der Waals surface area contributed by atoms with E-state index in [4.69, 9.17) is 14.2 Å². The molecule has 0 unspecified atom stereocenters. The lowest BCUT2D eigenvalue weighted by Gasteiger charge is -2.12. The van der Waals surface area contributed by atoms with Crippen molar-refractivity contribution in [2.24, 2.45) is 0 Å². The highest BCUT2D eigenvalue weighted by molar-refractivity contribution is 6.09. The number of nitro groups is 1. The van der Waals surface area contributed by atoms with Gasteiger partial charge < -0.3 is 24.8 Å². The van der Waals surface area contributed by atoms with E-state index >= 15 is 0 Å². The second kappa shape index (κ2) is 9.90. The Hall–Kier alpha value is -4.60. The molecule has 1 heterocycles. The molecule has 0 saturated carbocycles. The van der Waals surface area contributed by atoms with Crippen molar-refractivity contribution in [2.75, 3.05) is 18.7 Å². The lowest BCUT2D eigenvalue weighted by atomic mass is 10.1. The van der Waals surface area contributed by atoms with E-state index in [0.29, 0.717) is 11.5 Å². The number of nitrogens with zero attached hydrogens (tertiary/aromatic N) is 1. The van der Waals surface area contributed by atoms with Crippen LogP contribution in [0.1, 0.15) is 33.2 Å². The van der Waals surface area contributed by atoms with E-state index < -0.39 is 16.7 Å². The van der Waals surface area contributed by atoms with Gasteiger partial charge in [0.05, 0.1) is 22.8 Å². The molecule has 3 aromatic carbocycles. The van der Waals surface area contributed by atoms with Gasteiger partial charge in [-0.05, 0) is 48.9 Å². The molecule has 0 radical (unpaired) electrons. The molecule has 10 nitrogen and oxygen atoms in total. The van der Waals surface area contributed by atoms with Gasteiger partial charge in [0.25, 0.3) is 11.8 Å². The standard InChI is InChI=1S/C24H21N3O7/c1-2-32-20-10-8-16(12-19(20)27(30)31)23(28)26-18-6-4-3-5-17(18)24(29)25-13-15-7-9-21-22(11-15)34-14-33-21/h3-12H,2,13-14H2,1H3,(H,25,29)(H,26,28). The van der Waals surface area contributed by atoms with Gasteiger partial charge in [0.2, 0.25) is 6.79 Å². The summed E-state index contributed by atoms with van der Waals surface area (Å²) in [5.41, 5.74) is 1.08. The number of anilines is 1. The first-order valence-corrected chi connectivity index (χ1v) is 10.4. The molecule has 34 heavy (non-hydrogen) atoms. The van der Waals surface area contributed by atoms with Crippen LogP contribution in [-0.2, 0) is 6.54 Å². The van der Waals surface area contributed by atoms with Crippen LogP contribution in [0, 0.1) is 10.1 Å². The van der Waals surface area contributed by atoms with Gasteiger partial charge in [-0.1, -0.05) is 18.2 Å². The Balaban J connectivity index is 1.47. The summed E-state index contributed by atoms with van der Waals surface area (Å²) in [6.45, 7) is 2.36. The molecule has 0 atom stereocenters. The van der Waals surface area contributed by atoms with E-state index in [-0.39, 0.29) is 48.2 Å². The minimum Gasteiger partial charge on any atom is -0.487 e. The van der Waals surface area contributed by atoms with Gasteiger partial charge >= 0.3 is 5.69 Å². The summed E-state index contributed by atoms with van der Waals surface area (Å²) < 4.78 is 15.9. The third-order valence-corrected chi connectivity index (χ3v) is 5.03. The second-order valence-electron chi connectivity index (χ2n) is 7.24. The van der Waals surface area contributed by atoms with Gasteiger partial charge in [0.1, 0.15) is 0 Å². The van der Waals surface area contributed by atoms with Crippen LogP contribution < -0.4 is 24.8 Å². The first-order valence-electron chi connectivity index (χ1n) is 10.4. The topological polar surface area (TPSA) is 129 Å². The molecule has 0 aliphatic carbocycles. The molecule has 0 aromatic heterocycles. The molecule has 0 bridgehead atoms. The summed E-state index contributed by atoms with van der Waals surface area (Å²) in [4.78, 5) is 36.4. The van der Waals surface area contributed by atoms with Gasteiger partial charge in [0, 0.05) is 18.2 Å². The van der Waals surface area contributed by atoms with Crippen LogP contribution in [0.5, 0.6) is 17.2 Å². The molecular weight excluding hydrogens is 442 g/mol. The lowest BCUT2D eigenvalue weighted by molar-refractivity contribution is -0.385. The number of hydrogen-bond donors (Lipinski definition) is 2. The van der Waals surface area contributed by atoms with Crippen molar-refractivity contribution < 1.29 is 28.7 Å². The number of nitro benzene ring substituents is 1. The Morgan fingerprint density at radius 1 is 1.03 bits per heavy atom. The number of nitrogens with one attached hydrogen (secondary N) is 2. The summed E-state index contributed by atoms with van der Waals surface area (Å²) in [7, 11) is 0. The van der Waals surface area contributed by atoms with Crippen LogP contribution in [-0.4, -0.2) is 30.1 Å². The number of carbonyl (C=O) groups is 2. The van der Waals surface area contributed by atoms with Gasteiger partial charge in [-0.25, -0.2) is 0 Å². The number of fused-ring (bicyclic) bond motifs is 1. The van der Waals surface area contributed by atoms with Gasteiger partial charge in [-0.15, -0.1) is 0 Å². The summed E-state index contributed by atoms with van der Waals surface area (Å²) >= 11 is 0. The van der Waals surface area contributed by atoms with E-state index in [1.54, 1.807) is 43.3 Å². The summed E-state index contributed by atoms with van der Waals surface area (Å²) in [5.74, 6) is 0.349. The molecular formula is C24H21N3O7. The Kier molecular flexibility index (Phi) is 6.58. The Labute approximate surface area is 194 Å². The number of rotatable bonds is 8. The maximum absolute atomic E-state index is 12.8. The van der Waals surface area contributed by atoms with Gasteiger partial charge in [0.15, 0.2) is 17.2 Å². The van der Waals surface area contributed by atoms with Crippen LogP contribution in [0.15, 0.2) is 60.7 Å². The fourth-order valence-corrected chi connectivity index (χ4v) is 3.39. The van der Waals surface area contributed by atoms with Gasteiger partial charge in [-0.2, -0.15) is 0 Å². The van der Waals surface area contributed by atoms with E-state index in [1.807, 2.05) is 6.07 Å². The molecule has 2 N–H and O–H groups in total. The molecule has 0 spiro atoms. The molecule has 0 fully saturated rings. The Morgan fingerprint density at radius 3 is 2.62 bits per heavy atom. The van der Waals surface area contributed by atoms with Crippen molar-refractivity contribution in [3.63, 3.8) is 0 Å². The van der Waals surface area contributed by atoms with Crippen LogP contribution >= 0.6 is 0 Å². The van der Waals surface area contributed by atoms with Crippen molar-refractivity contribution in [3.8, 4) is 17.2 Å². The SMILES string of the molecule is CCOc1ccc(C(=O)Nc2ccccc2C(=O)NCc2ccc3c(c2)OCO3)cc1[N+](=O)[O-]. The summed E-state index contributed by atoms with van der Waals surface area (Å²) in [6.07, 6.45) is 0. The molecule has 3 aromatic rings. The zero-order valence-corrected chi connectivity index (χ0v) is 18.2. The van der Waals surface area contributed by atoms with Crippen LogP contribution in [0.4, 0.5) is 11.4 Å². The third-order valence-electron chi connectivity index (χ3n) is 5.03. The summed E-state index contributed by atoms with van der Waals surface area (Å²) in [5, 5.41) is 16.8. The number of carbonyl (C=O) groups excluding carboxylic acids is 2. The maximum atomic E-state index is 12.8. The smallest absolute Gasteiger partial charge is 0.311 e. The highest BCUT2D eigenvalue weighted by Gasteiger charge is 2.20. The molecule has 1 aliphatic heterocycles. The highest BCUT2D eigenvalue weighted by Crippen LogP contribution is 2.32. The fraction of sp³-hybridized carbons (Fsp3) is 0.167. The summed E-state index contributed by atoms with van der Waals surface area (Å²) in [6, 6.07) is 15.8. The Bertz CT molecular complexity index is 1260. The largest absolute Gasteiger partial charge is 0.487 e. The van der Waals surface area contributed by atoms with Crippen LogP contribution in [0.25, 0.3) is 0 Å². The average Bonchev–Trinajstić information content (AvgIpc) is 3.31. The minimum absolute atomic E-state index is 0.0609. The number of amides is 2. The first-order chi connectivity index (χ1) is 16.5. The predicted molar refractivity (Wildman–Crippen MR) is 122 cm³/mol. The van der Waals surface area contributed by atoms with Crippen molar-refractivity contribution in [3.05, 3.63) is 87.5 Å². The van der Waals surface area contributed by atoms with E-state index in [2.05, 4.69) is 10.6 Å². The predicted octanol–water partition coefficient (Wildman–Crippen LogP) is 3.90. The number of hydrogen-bond acceptors (Lipinski definition) is 7. The second-order valence-corrected chi connectivity index (χ2v) is 7.24. The number of ether oxygens (including phenoxy) is 3. The molecule has 10 heteroatoms. The molecule has 4 rings (SSSR count). The van der Waals surface area contributed by atoms with E-state index in [0.717, 1.165) is 11.6 Å². The normalized spacial score (nSPS) is 11.6. The molecule has 0 saturated heterocycles. The van der Waals surface area contributed by atoms with E-state index in [9.17, 15) is 19.7 Å². The third kappa shape index (κ3) is 4.90. The quantitative estimate of drug-likeness (QED) is 0.383. The fourth-order valence-electron chi connectivity index (χ4n) is 3.39. The average molecular weight is 463 g/mol. The molecule has 1 aliphatic rings. The maximum Gasteiger partial charge on any atom is 0.311 e.